The predicted molar refractivity (Wildman–Crippen MR) is 74.6 cm³/mol. The molecular weight excluding hydrogens is 224 g/mol. The predicted octanol–water partition coefficient (Wildman–Crippen LogP) is 3.17. The highest BCUT2D eigenvalue weighted by atomic mass is 16.1. The molecule has 1 aliphatic carbocycles. The van der Waals surface area contributed by atoms with Gasteiger partial charge in [0.1, 0.15) is 0 Å². The molecule has 0 spiro atoms. The van der Waals surface area contributed by atoms with E-state index in [0.717, 1.165) is 5.69 Å². The molecule has 0 bridgehead atoms. The van der Waals surface area contributed by atoms with Crippen LogP contribution in [0.2, 0.25) is 0 Å². The van der Waals surface area contributed by atoms with Gasteiger partial charge in [0.2, 0.25) is 5.91 Å². The second-order valence-electron chi connectivity index (χ2n) is 6.03. The Balaban J connectivity index is 1.98. The molecule has 18 heavy (non-hydrogen) atoms. The number of primary amides is 1. The van der Waals surface area contributed by atoms with Crippen molar-refractivity contribution in [2.75, 3.05) is 5.32 Å². The van der Waals surface area contributed by atoms with E-state index in [1.807, 2.05) is 18.2 Å². The molecule has 0 unspecified atom stereocenters. The van der Waals surface area contributed by atoms with Crippen molar-refractivity contribution < 1.29 is 4.79 Å². The molecule has 2 rings (SSSR count). The Labute approximate surface area is 109 Å². The van der Waals surface area contributed by atoms with Crippen LogP contribution in [-0.2, 0) is 0 Å². The lowest BCUT2D eigenvalue weighted by atomic mass is 9.75. The first-order valence-electron chi connectivity index (χ1n) is 6.63. The molecule has 1 aromatic carbocycles. The maximum absolute atomic E-state index is 11.1. The average Bonchev–Trinajstić information content (AvgIpc) is 2.32. The fourth-order valence-electron chi connectivity index (χ4n) is 2.54. The lowest BCUT2D eigenvalue weighted by Crippen LogP contribution is -2.29. The molecule has 0 saturated heterocycles. The molecule has 0 aliphatic heterocycles. The van der Waals surface area contributed by atoms with Crippen LogP contribution in [0.3, 0.4) is 0 Å². The molecule has 0 heterocycles. The van der Waals surface area contributed by atoms with Gasteiger partial charge in [-0.3, -0.25) is 4.79 Å². The van der Waals surface area contributed by atoms with E-state index < -0.39 is 0 Å². The standard InChI is InChI=1S/C15H22N2O/c1-15(2)8-6-12(7-9-15)17-13-5-3-4-11(10-13)14(16)18/h3-5,10,12,17H,6-9H2,1-2H3,(H2,16,18). The normalized spacial score (nSPS) is 19.4. The molecule has 3 nitrogen and oxygen atoms in total. The summed E-state index contributed by atoms with van der Waals surface area (Å²) in [6.07, 6.45) is 4.88. The lowest BCUT2D eigenvalue weighted by molar-refractivity contribution is 0.100. The van der Waals surface area contributed by atoms with Crippen LogP contribution in [0.1, 0.15) is 49.9 Å². The molecule has 1 aliphatic rings. The van der Waals surface area contributed by atoms with E-state index in [1.165, 1.54) is 25.7 Å². The molecule has 1 saturated carbocycles. The summed E-state index contributed by atoms with van der Waals surface area (Å²) in [6.45, 7) is 4.66. The largest absolute Gasteiger partial charge is 0.382 e. The smallest absolute Gasteiger partial charge is 0.248 e. The van der Waals surface area contributed by atoms with Crippen molar-refractivity contribution >= 4 is 11.6 Å². The Hall–Kier alpha value is -1.51. The molecule has 0 aromatic heterocycles. The Morgan fingerprint density at radius 1 is 1.33 bits per heavy atom. The number of nitrogens with two attached hydrogens (primary N) is 1. The maximum Gasteiger partial charge on any atom is 0.248 e. The van der Waals surface area contributed by atoms with Gasteiger partial charge in [-0.1, -0.05) is 19.9 Å². The van der Waals surface area contributed by atoms with Crippen LogP contribution in [0.25, 0.3) is 0 Å². The van der Waals surface area contributed by atoms with E-state index >= 15 is 0 Å². The molecule has 0 radical (unpaired) electrons. The monoisotopic (exact) mass is 246 g/mol. The van der Waals surface area contributed by atoms with Crippen LogP contribution in [0.5, 0.6) is 0 Å². The molecule has 3 heteroatoms. The minimum Gasteiger partial charge on any atom is -0.382 e. The number of carbonyl (C=O) groups is 1. The zero-order chi connectivity index (χ0) is 13.2. The molecule has 1 aromatic rings. The Bertz CT molecular complexity index is 430. The van der Waals surface area contributed by atoms with Gasteiger partial charge in [0.05, 0.1) is 0 Å². The number of benzene rings is 1. The number of carbonyl (C=O) groups excluding carboxylic acids is 1. The van der Waals surface area contributed by atoms with Gasteiger partial charge in [-0.05, 0) is 49.3 Å². The SMILES string of the molecule is CC1(C)CCC(Nc2cccc(C(N)=O)c2)CC1. The van der Waals surface area contributed by atoms with Crippen molar-refractivity contribution in [1.82, 2.24) is 0 Å². The van der Waals surface area contributed by atoms with Gasteiger partial charge in [0, 0.05) is 17.3 Å². The van der Waals surface area contributed by atoms with Crippen LogP contribution >= 0.6 is 0 Å². The van der Waals surface area contributed by atoms with Crippen molar-refractivity contribution in [3.8, 4) is 0 Å². The summed E-state index contributed by atoms with van der Waals surface area (Å²) in [4.78, 5) is 11.1. The van der Waals surface area contributed by atoms with E-state index in [-0.39, 0.29) is 5.91 Å². The lowest BCUT2D eigenvalue weighted by Gasteiger charge is -2.35. The van der Waals surface area contributed by atoms with Crippen LogP contribution in [0, 0.1) is 5.41 Å². The molecule has 0 atom stereocenters. The fourth-order valence-corrected chi connectivity index (χ4v) is 2.54. The summed E-state index contributed by atoms with van der Waals surface area (Å²) in [7, 11) is 0. The third-order valence-electron chi connectivity index (χ3n) is 3.86. The number of hydrogen-bond donors (Lipinski definition) is 2. The summed E-state index contributed by atoms with van der Waals surface area (Å²) in [5.41, 5.74) is 7.33. The highest BCUT2D eigenvalue weighted by Gasteiger charge is 2.26. The highest BCUT2D eigenvalue weighted by Crippen LogP contribution is 2.36. The first-order valence-corrected chi connectivity index (χ1v) is 6.63. The second-order valence-corrected chi connectivity index (χ2v) is 6.03. The summed E-state index contributed by atoms with van der Waals surface area (Å²) >= 11 is 0. The quantitative estimate of drug-likeness (QED) is 0.860. The van der Waals surface area contributed by atoms with Gasteiger partial charge in [-0.15, -0.1) is 0 Å². The van der Waals surface area contributed by atoms with Crippen molar-refractivity contribution in [3.63, 3.8) is 0 Å². The van der Waals surface area contributed by atoms with E-state index in [4.69, 9.17) is 5.73 Å². The molecule has 1 fully saturated rings. The molecule has 3 N–H and O–H groups in total. The highest BCUT2D eigenvalue weighted by molar-refractivity contribution is 5.93. The van der Waals surface area contributed by atoms with Crippen molar-refractivity contribution in [3.05, 3.63) is 29.8 Å². The Kier molecular flexibility index (Phi) is 3.60. The maximum atomic E-state index is 11.1. The first-order chi connectivity index (χ1) is 8.46. The number of anilines is 1. The fraction of sp³-hybridized carbons (Fsp3) is 0.533. The number of rotatable bonds is 3. The number of nitrogens with one attached hydrogen (secondary N) is 1. The van der Waals surface area contributed by atoms with Gasteiger partial charge in [0.25, 0.3) is 0 Å². The summed E-state index contributed by atoms with van der Waals surface area (Å²) in [5.74, 6) is -0.372. The van der Waals surface area contributed by atoms with E-state index in [1.54, 1.807) is 6.07 Å². The van der Waals surface area contributed by atoms with Crippen LogP contribution in [-0.4, -0.2) is 11.9 Å². The van der Waals surface area contributed by atoms with Gasteiger partial charge in [-0.25, -0.2) is 0 Å². The van der Waals surface area contributed by atoms with Crippen molar-refractivity contribution in [2.24, 2.45) is 11.1 Å². The van der Waals surface area contributed by atoms with Crippen LogP contribution in [0.4, 0.5) is 5.69 Å². The van der Waals surface area contributed by atoms with Gasteiger partial charge in [0.15, 0.2) is 0 Å². The number of amides is 1. The summed E-state index contributed by atoms with van der Waals surface area (Å²) in [5, 5.41) is 3.51. The van der Waals surface area contributed by atoms with E-state index in [0.29, 0.717) is 17.0 Å². The molecule has 98 valence electrons. The topological polar surface area (TPSA) is 55.1 Å². The van der Waals surface area contributed by atoms with Gasteiger partial charge < -0.3 is 11.1 Å². The van der Waals surface area contributed by atoms with E-state index in [9.17, 15) is 4.79 Å². The van der Waals surface area contributed by atoms with Crippen LogP contribution in [0.15, 0.2) is 24.3 Å². The molecular formula is C15H22N2O. The minimum atomic E-state index is -0.372. The van der Waals surface area contributed by atoms with Gasteiger partial charge >= 0.3 is 0 Å². The third kappa shape index (κ3) is 3.25. The average molecular weight is 246 g/mol. The third-order valence-corrected chi connectivity index (χ3v) is 3.86. The Morgan fingerprint density at radius 3 is 2.61 bits per heavy atom. The summed E-state index contributed by atoms with van der Waals surface area (Å²) in [6, 6.07) is 7.96. The zero-order valence-corrected chi connectivity index (χ0v) is 11.2. The zero-order valence-electron chi connectivity index (χ0n) is 11.2. The van der Waals surface area contributed by atoms with E-state index in [2.05, 4.69) is 19.2 Å². The van der Waals surface area contributed by atoms with Crippen molar-refractivity contribution in [1.29, 1.82) is 0 Å². The first kappa shape index (κ1) is 12.9. The second kappa shape index (κ2) is 5.01. The summed E-state index contributed by atoms with van der Waals surface area (Å²) < 4.78 is 0. The minimum absolute atomic E-state index is 0.372. The Morgan fingerprint density at radius 2 is 2.00 bits per heavy atom. The van der Waals surface area contributed by atoms with Crippen molar-refractivity contribution in [2.45, 2.75) is 45.6 Å². The molecule has 1 amide bonds. The van der Waals surface area contributed by atoms with Gasteiger partial charge in [-0.2, -0.15) is 0 Å². The van der Waals surface area contributed by atoms with Crippen LogP contribution < -0.4 is 11.1 Å². The number of hydrogen-bond acceptors (Lipinski definition) is 2.